The summed E-state index contributed by atoms with van der Waals surface area (Å²) in [4.78, 5) is 30.4. The maximum Gasteiger partial charge on any atom is 0.418 e. The van der Waals surface area contributed by atoms with E-state index >= 15 is 0 Å². The van der Waals surface area contributed by atoms with Crippen LogP contribution in [0, 0.1) is 5.82 Å². The Kier molecular flexibility index (Phi) is 9.01. The maximum absolute atomic E-state index is 13.5. The van der Waals surface area contributed by atoms with Gasteiger partial charge in [-0.15, -0.1) is 11.3 Å². The Morgan fingerprint density at radius 1 is 1.00 bits per heavy atom. The van der Waals surface area contributed by atoms with E-state index in [1.807, 2.05) is 17.5 Å². The van der Waals surface area contributed by atoms with Crippen LogP contribution in [0.2, 0.25) is 0 Å². The molecule has 4 rings (SSSR count). The second kappa shape index (κ2) is 12.4. The summed E-state index contributed by atoms with van der Waals surface area (Å²) in [6, 6.07) is 13.4. The number of nitrogens with zero attached hydrogens (tertiary/aromatic N) is 2. The van der Waals surface area contributed by atoms with Crippen LogP contribution in [-0.2, 0) is 28.8 Å². The van der Waals surface area contributed by atoms with E-state index in [-0.39, 0.29) is 32.3 Å². The van der Waals surface area contributed by atoms with Crippen molar-refractivity contribution in [2.75, 3.05) is 25.0 Å². The number of ether oxygens (including phenoxy) is 1. The number of hydrogen-bond donors (Lipinski definition) is 1. The number of carbonyl (C=O) groups is 2. The largest absolute Gasteiger partial charge is 0.418 e. The molecule has 2 aromatic carbocycles. The number of rotatable bonds is 9. The summed E-state index contributed by atoms with van der Waals surface area (Å²) in [5, 5.41) is 4.22. The molecule has 1 atom stereocenters. The lowest BCUT2D eigenvalue weighted by Gasteiger charge is -2.29. The smallest absolute Gasteiger partial charge is 0.376 e. The van der Waals surface area contributed by atoms with Crippen LogP contribution in [0.4, 0.5) is 28.0 Å². The van der Waals surface area contributed by atoms with Crippen molar-refractivity contribution in [1.29, 1.82) is 0 Å². The van der Waals surface area contributed by atoms with Crippen LogP contribution >= 0.6 is 11.3 Å². The number of hydrogen-bond acceptors (Lipinski definition) is 4. The summed E-state index contributed by atoms with van der Waals surface area (Å²) in [5.41, 5.74) is -0.672. The summed E-state index contributed by atoms with van der Waals surface area (Å²) in [6.45, 7) is 0.630. The lowest BCUT2D eigenvalue weighted by atomic mass is 10.1. The van der Waals surface area contributed by atoms with Gasteiger partial charge in [0.15, 0.2) is 0 Å². The first kappa shape index (κ1) is 27.6. The highest BCUT2D eigenvalue weighted by Gasteiger charge is 2.34. The van der Waals surface area contributed by atoms with Gasteiger partial charge in [0.25, 0.3) is 0 Å². The van der Waals surface area contributed by atoms with Gasteiger partial charge in [0.1, 0.15) is 12.4 Å². The molecule has 1 fully saturated rings. The molecule has 0 spiro atoms. The molecule has 1 aliphatic rings. The summed E-state index contributed by atoms with van der Waals surface area (Å²) in [6.07, 6.45) is -3.52. The zero-order valence-corrected chi connectivity index (χ0v) is 21.2. The standard InChI is InChI=1S/C27H27F4N3O3S/c28-20-11-9-19(10-12-20)15-33(17-22-6-4-14-38-22)25(35)18-34(16-21-5-3-13-37-21)26(36)32-24-8-2-1-7-23(24)27(29,30)31/h1-2,4,6-12,14,21H,3,5,13,15-18H2,(H,32,36)/t21-/m0/s1. The fraction of sp³-hybridized carbons (Fsp3) is 0.333. The first-order chi connectivity index (χ1) is 18.2. The minimum absolute atomic E-state index is 0.0507. The van der Waals surface area contributed by atoms with Crippen LogP contribution < -0.4 is 5.32 Å². The number of alkyl halides is 3. The molecule has 3 aromatic rings. The predicted octanol–water partition coefficient (Wildman–Crippen LogP) is 6.15. The molecule has 1 N–H and O–H groups in total. The number of nitrogens with one attached hydrogen (secondary N) is 1. The van der Waals surface area contributed by atoms with Crippen molar-refractivity contribution in [3.05, 3.63) is 87.9 Å². The number of anilines is 1. The molecule has 3 amide bonds. The minimum atomic E-state index is -4.66. The van der Waals surface area contributed by atoms with Crippen molar-refractivity contribution < 1.29 is 31.9 Å². The Balaban J connectivity index is 1.54. The highest BCUT2D eigenvalue weighted by Crippen LogP contribution is 2.34. The molecule has 1 aromatic heterocycles. The van der Waals surface area contributed by atoms with Crippen molar-refractivity contribution in [1.82, 2.24) is 9.80 Å². The van der Waals surface area contributed by atoms with Gasteiger partial charge in [-0.05, 0) is 54.1 Å². The van der Waals surface area contributed by atoms with Crippen LogP contribution in [0.3, 0.4) is 0 Å². The number of urea groups is 1. The second-order valence-corrected chi connectivity index (χ2v) is 9.98. The number of halogens is 4. The minimum Gasteiger partial charge on any atom is -0.376 e. The third-order valence-corrected chi connectivity index (χ3v) is 6.96. The summed E-state index contributed by atoms with van der Waals surface area (Å²) in [7, 11) is 0. The van der Waals surface area contributed by atoms with Crippen LogP contribution in [0.25, 0.3) is 0 Å². The third kappa shape index (κ3) is 7.55. The van der Waals surface area contributed by atoms with E-state index in [0.29, 0.717) is 18.6 Å². The molecule has 202 valence electrons. The molecular formula is C27H27F4N3O3S. The molecule has 2 heterocycles. The summed E-state index contributed by atoms with van der Waals surface area (Å²) in [5.74, 6) is -0.802. The van der Waals surface area contributed by atoms with Crippen molar-refractivity contribution in [2.24, 2.45) is 0 Å². The van der Waals surface area contributed by atoms with E-state index in [2.05, 4.69) is 5.32 Å². The van der Waals surface area contributed by atoms with Crippen molar-refractivity contribution in [3.8, 4) is 0 Å². The number of para-hydroxylation sites is 1. The van der Waals surface area contributed by atoms with Crippen LogP contribution in [0.15, 0.2) is 66.0 Å². The Hall–Kier alpha value is -3.44. The number of thiophene rings is 1. The first-order valence-corrected chi connectivity index (χ1v) is 13.0. The molecule has 11 heteroatoms. The quantitative estimate of drug-likeness (QED) is 0.326. The molecule has 0 saturated carbocycles. The van der Waals surface area contributed by atoms with E-state index in [9.17, 15) is 27.2 Å². The number of benzene rings is 2. The van der Waals surface area contributed by atoms with Crippen molar-refractivity contribution in [3.63, 3.8) is 0 Å². The molecule has 1 saturated heterocycles. The van der Waals surface area contributed by atoms with Crippen LogP contribution in [0.1, 0.15) is 28.8 Å². The van der Waals surface area contributed by atoms with Crippen molar-refractivity contribution in [2.45, 2.75) is 38.2 Å². The topological polar surface area (TPSA) is 61.9 Å². The van der Waals surface area contributed by atoms with Crippen LogP contribution in [-0.4, -0.2) is 47.5 Å². The van der Waals surface area contributed by atoms with E-state index in [0.717, 1.165) is 17.4 Å². The lowest BCUT2D eigenvalue weighted by Crippen LogP contribution is -2.47. The Morgan fingerprint density at radius 3 is 2.42 bits per heavy atom. The molecule has 0 bridgehead atoms. The normalized spacial score (nSPS) is 15.3. The van der Waals surface area contributed by atoms with E-state index in [1.165, 1.54) is 46.6 Å². The number of carbonyl (C=O) groups excluding carboxylic acids is 2. The average Bonchev–Trinajstić information content (AvgIpc) is 3.59. The first-order valence-electron chi connectivity index (χ1n) is 12.1. The van der Waals surface area contributed by atoms with Crippen molar-refractivity contribution >= 4 is 29.0 Å². The van der Waals surface area contributed by atoms with Gasteiger partial charge < -0.3 is 19.9 Å². The lowest BCUT2D eigenvalue weighted by molar-refractivity contribution is -0.137. The van der Waals surface area contributed by atoms with Gasteiger partial charge in [-0.2, -0.15) is 13.2 Å². The van der Waals surface area contributed by atoms with Crippen LogP contribution in [0.5, 0.6) is 0 Å². The molecular weight excluding hydrogens is 522 g/mol. The molecule has 6 nitrogen and oxygen atoms in total. The van der Waals surface area contributed by atoms with Gasteiger partial charge in [-0.3, -0.25) is 4.79 Å². The zero-order valence-electron chi connectivity index (χ0n) is 20.4. The Labute approximate surface area is 221 Å². The predicted molar refractivity (Wildman–Crippen MR) is 136 cm³/mol. The van der Waals surface area contributed by atoms with Gasteiger partial charge in [0.2, 0.25) is 5.91 Å². The summed E-state index contributed by atoms with van der Waals surface area (Å²) < 4.78 is 59.5. The number of amides is 3. The molecule has 0 aliphatic carbocycles. The maximum atomic E-state index is 13.5. The highest BCUT2D eigenvalue weighted by molar-refractivity contribution is 7.09. The van der Waals surface area contributed by atoms with Gasteiger partial charge in [0.05, 0.1) is 23.9 Å². The van der Waals surface area contributed by atoms with E-state index in [1.54, 1.807) is 17.0 Å². The van der Waals surface area contributed by atoms with Gasteiger partial charge >= 0.3 is 12.2 Å². The highest BCUT2D eigenvalue weighted by atomic mass is 32.1. The monoisotopic (exact) mass is 549 g/mol. The van der Waals surface area contributed by atoms with Gasteiger partial charge in [-0.1, -0.05) is 30.3 Å². The summed E-state index contributed by atoms with van der Waals surface area (Å²) >= 11 is 1.47. The molecule has 0 unspecified atom stereocenters. The second-order valence-electron chi connectivity index (χ2n) is 8.94. The zero-order chi connectivity index (χ0) is 27.1. The Morgan fingerprint density at radius 2 is 1.76 bits per heavy atom. The molecule has 1 aliphatic heterocycles. The van der Waals surface area contributed by atoms with E-state index < -0.39 is 35.2 Å². The average molecular weight is 550 g/mol. The van der Waals surface area contributed by atoms with Gasteiger partial charge in [0, 0.05) is 24.6 Å². The van der Waals surface area contributed by atoms with E-state index in [4.69, 9.17) is 4.74 Å². The SMILES string of the molecule is O=C(CN(C[C@@H]1CCCO1)C(=O)Nc1ccccc1C(F)(F)F)N(Cc1ccc(F)cc1)Cc1cccs1. The van der Waals surface area contributed by atoms with Gasteiger partial charge in [-0.25, -0.2) is 9.18 Å². The Bertz CT molecular complexity index is 1210. The molecule has 38 heavy (non-hydrogen) atoms. The fourth-order valence-electron chi connectivity index (χ4n) is 4.18. The molecule has 0 radical (unpaired) electrons. The fourth-order valence-corrected chi connectivity index (χ4v) is 4.90. The third-order valence-electron chi connectivity index (χ3n) is 6.10.